The first-order valence-corrected chi connectivity index (χ1v) is 12.1. The highest BCUT2D eigenvalue weighted by molar-refractivity contribution is 7.09. The Morgan fingerprint density at radius 2 is 2.09 bits per heavy atom. The van der Waals surface area contributed by atoms with Crippen LogP contribution in [0.2, 0.25) is 0 Å². The second-order valence-corrected chi connectivity index (χ2v) is 9.51. The van der Waals surface area contributed by atoms with Crippen molar-refractivity contribution in [3.05, 3.63) is 52.5 Å². The van der Waals surface area contributed by atoms with E-state index < -0.39 is 23.5 Å². The van der Waals surface area contributed by atoms with Gasteiger partial charge in [0.25, 0.3) is 0 Å². The summed E-state index contributed by atoms with van der Waals surface area (Å²) in [6.45, 7) is 3.31. The number of rotatable bonds is 10. The average molecular weight is 458 g/mol. The number of aliphatic hydroxyl groups excluding tert-OH is 1. The number of nitrogens with one attached hydrogen (secondary N) is 1. The fourth-order valence-electron chi connectivity index (χ4n) is 4.70. The number of fused-ring (bicyclic) bond motifs is 1. The lowest BCUT2D eigenvalue weighted by Gasteiger charge is -2.43. The Kier molecular flexibility index (Phi) is 7.25. The van der Waals surface area contributed by atoms with Crippen LogP contribution in [0.15, 0.2) is 46.2 Å². The summed E-state index contributed by atoms with van der Waals surface area (Å²) in [5.74, 6) is -0.760. The van der Waals surface area contributed by atoms with Crippen molar-refractivity contribution in [1.29, 1.82) is 0 Å². The number of aromatic nitrogens is 1. The van der Waals surface area contributed by atoms with Crippen LogP contribution in [-0.4, -0.2) is 40.8 Å². The summed E-state index contributed by atoms with van der Waals surface area (Å²) in [5, 5.41) is 17.1. The van der Waals surface area contributed by atoms with Crippen molar-refractivity contribution in [2.45, 2.75) is 56.7 Å². The van der Waals surface area contributed by atoms with Gasteiger partial charge in [0.15, 0.2) is 5.58 Å². The smallest absolute Gasteiger partial charge is 0.238 e. The molecule has 1 saturated heterocycles. The number of para-hydroxylation sites is 2. The fraction of sp³-hybridized carbons (Fsp3) is 0.500. The van der Waals surface area contributed by atoms with Gasteiger partial charge in [-0.05, 0) is 42.8 Å². The molecule has 172 valence electrons. The standard InChI is InChI=1S/C24H31N3O4S/c1-2-6-18(21(28)22-26-19-8-3-4-9-20(19)31-22)24(23(25)29,15-17-7-5-14-32-17)27-16-10-12-30-13-11-16/h3-5,7-9,14,16,18,21,27-28H,2,6,10-13,15H2,1H3,(H2,25,29)/t18-,21?,24?/m1/s1. The summed E-state index contributed by atoms with van der Waals surface area (Å²) in [4.78, 5) is 18.8. The zero-order valence-corrected chi connectivity index (χ0v) is 19.1. The van der Waals surface area contributed by atoms with Crippen LogP contribution in [0.25, 0.3) is 11.1 Å². The van der Waals surface area contributed by atoms with Crippen LogP contribution in [0.4, 0.5) is 0 Å². The molecule has 1 aromatic carbocycles. The van der Waals surface area contributed by atoms with E-state index in [1.54, 1.807) is 11.3 Å². The molecule has 3 heterocycles. The van der Waals surface area contributed by atoms with E-state index in [-0.39, 0.29) is 11.9 Å². The minimum atomic E-state index is -1.15. The largest absolute Gasteiger partial charge is 0.438 e. The molecular formula is C24H31N3O4S. The van der Waals surface area contributed by atoms with Crippen molar-refractivity contribution in [2.75, 3.05) is 13.2 Å². The van der Waals surface area contributed by atoms with Crippen molar-refractivity contribution < 1.29 is 19.1 Å². The minimum absolute atomic E-state index is 0.0754. The molecule has 4 rings (SSSR count). The highest BCUT2D eigenvalue weighted by atomic mass is 32.1. The SMILES string of the molecule is CCC[C@H](C(O)c1nc2ccccc2o1)C(Cc1cccs1)(NC1CCOCC1)C(N)=O. The van der Waals surface area contributed by atoms with Gasteiger partial charge in [0.1, 0.15) is 17.2 Å². The number of thiophene rings is 1. The van der Waals surface area contributed by atoms with Gasteiger partial charge < -0.3 is 20.0 Å². The van der Waals surface area contributed by atoms with Gasteiger partial charge in [0, 0.05) is 36.5 Å². The fourth-order valence-corrected chi connectivity index (χ4v) is 5.50. The second kappa shape index (κ2) is 10.1. The molecule has 1 aliphatic heterocycles. The third kappa shape index (κ3) is 4.73. The van der Waals surface area contributed by atoms with E-state index >= 15 is 0 Å². The first-order valence-electron chi connectivity index (χ1n) is 11.2. The average Bonchev–Trinajstić information content (AvgIpc) is 3.46. The molecule has 0 bridgehead atoms. The van der Waals surface area contributed by atoms with E-state index in [0.29, 0.717) is 37.2 Å². The Labute approximate surface area is 192 Å². The number of oxazole rings is 1. The molecule has 0 aliphatic carbocycles. The molecule has 2 unspecified atom stereocenters. The van der Waals surface area contributed by atoms with Gasteiger partial charge in [-0.2, -0.15) is 0 Å². The molecule has 0 spiro atoms. The lowest BCUT2D eigenvalue weighted by atomic mass is 9.73. The summed E-state index contributed by atoms with van der Waals surface area (Å²) < 4.78 is 11.4. The Balaban J connectivity index is 1.75. The molecule has 2 aromatic heterocycles. The number of amides is 1. The van der Waals surface area contributed by atoms with Crippen LogP contribution in [0.3, 0.4) is 0 Å². The van der Waals surface area contributed by atoms with Crippen molar-refractivity contribution in [1.82, 2.24) is 10.3 Å². The number of carbonyl (C=O) groups excluding carboxylic acids is 1. The Morgan fingerprint density at radius 1 is 1.31 bits per heavy atom. The lowest BCUT2D eigenvalue weighted by Crippen LogP contribution is -2.65. The molecule has 1 fully saturated rings. The van der Waals surface area contributed by atoms with Crippen LogP contribution in [-0.2, 0) is 16.0 Å². The van der Waals surface area contributed by atoms with Gasteiger partial charge in [-0.1, -0.05) is 31.5 Å². The third-order valence-electron chi connectivity index (χ3n) is 6.33. The first kappa shape index (κ1) is 22.9. The molecular weight excluding hydrogens is 426 g/mol. The molecule has 7 nitrogen and oxygen atoms in total. The van der Waals surface area contributed by atoms with Crippen molar-refractivity contribution in [3.63, 3.8) is 0 Å². The van der Waals surface area contributed by atoms with Crippen LogP contribution < -0.4 is 11.1 Å². The number of hydrogen-bond donors (Lipinski definition) is 3. The van der Waals surface area contributed by atoms with E-state index in [0.717, 1.165) is 24.1 Å². The summed E-state index contributed by atoms with van der Waals surface area (Å²) >= 11 is 1.58. The van der Waals surface area contributed by atoms with Crippen LogP contribution in [0, 0.1) is 5.92 Å². The van der Waals surface area contributed by atoms with Gasteiger partial charge >= 0.3 is 0 Å². The first-order chi connectivity index (χ1) is 15.5. The van der Waals surface area contributed by atoms with E-state index in [4.69, 9.17) is 14.9 Å². The topological polar surface area (TPSA) is 111 Å². The number of carbonyl (C=O) groups is 1. The highest BCUT2D eigenvalue weighted by Gasteiger charge is 2.50. The molecule has 3 atom stereocenters. The van der Waals surface area contributed by atoms with Crippen LogP contribution >= 0.6 is 11.3 Å². The lowest BCUT2D eigenvalue weighted by molar-refractivity contribution is -0.131. The van der Waals surface area contributed by atoms with Crippen LogP contribution in [0.5, 0.6) is 0 Å². The molecule has 0 saturated carbocycles. The molecule has 4 N–H and O–H groups in total. The number of nitrogens with two attached hydrogens (primary N) is 1. The van der Waals surface area contributed by atoms with E-state index in [9.17, 15) is 9.90 Å². The van der Waals surface area contributed by atoms with Gasteiger partial charge in [0.05, 0.1) is 0 Å². The Bertz CT molecular complexity index is 982. The molecule has 8 heteroatoms. The van der Waals surface area contributed by atoms with Gasteiger partial charge in [-0.25, -0.2) is 4.98 Å². The molecule has 3 aromatic rings. The minimum Gasteiger partial charge on any atom is -0.438 e. The molecule has 32 heavy (non-hydrogen) atoms. The maximum atomic E-state index is 13.2. The number of nitrogens with zero attached hydrogens (tertiary/aromatic N) is 1. The van der Waals surface area contributed by atoms with Gasteiger partial charge in [0.2, 0.25) is 11.8 Å². The Hall–Kier alpha value is -2.26. The summed E-state index contributed by atoms with van der Waals surface area (Å²) in [7, 11) is 0. The number of primary amides is 1. The third-order valence-corrected chi connectivity index (χ3v) is 7.21. The van der Waals surface area contributed by atoms with Gasteiger partial charge in [-0.3, -0.25) is 10.1 Å². The number of hydrogen-bond acceptors (Lipinski definition) is 7. The maximum absolute atomic E-state index is 13.2. The van der Waals surface area contributed by atoms with Crippen molar-refractivity contribution >= 4 is 28.3 Å². The Morgan fingerprint density at radius 3 is 2.75 bits per heavy atom. The molecule has 0 radical (unpaired) electrons. The highest BCUT2D eigenvalue weighted by Crippen LogP contribution is 2.39. The number of ether oxygens (including phenoxy) is 1. The van der Waals surface area contributed by atoms with E-state index in [1.165, 1.54) is 0 Å². The summed E-state index contributed by atoms with van der Waals surface area (Å²) in [5.41, 5.74) is 6.27. The van der Waals surface area contributed by atoms with E-state index in [2.05, 4.69) is 10.3 Å². The number of aliphatic hydroxyl groups is 1. The predicted molar refractivity (Wildman–Crippen MR) is 124 cm³/mol. The monoisotopic (exact) mass is 457 g/mol. The van der Waals surface area contributed by atoms with Crippen molar-refractivity contribution in [2.24, 2.45) is 11.7 Å². The zero-order chi connectivity index (χ0) is 22.6. The number of benzene rings is 1. The summed E-state index contributed by atoms with van der Waals surface area (Å²) in [6, 6.07) is 11.4. The van der Waals surface area contributed by atoms with Crippen LogP contribution in [0.1, 0.15) is 49.5 Å². The predicted octanol–water partition coefficient (Wildman–Crippen LogP) is 3.57. The summed E-state index contributed by atoms with van der Waals surface area (Å²) in [6.07, 6.45) is 2.26. The van der Waals surface area contributed by atoms with E-state index in [1.807, 2.05) is 48.7 Å². The second-order valence-electron chi connectivity index (χ2n) is 8.48. The maximum Gasteiger partial charge on any atom is 0.238 e. The zero-order valence-electron chi connectivity index (χ0n) is 18.3. The normalized spacial score (nSPS) is 18.9. The molecule has 1 aliphatic rings. The van der Waals surface area contributed by atoms with Gasteiger partial charge in [-0.15, -0.1) is 11.3 Å². The van der Waals surface area contributed by atoms with Crippen molar-refractivity contribution in [3.8, 4) is 0 Å². The quantitative estimate of drug-likeness (QED) is 0.429. The molecule has 1 amide bonds.